The van der Waals surface area contributed by atoms with Crippen LogP contribution in [0, 0.1) is 0 Å². The number of amides is 1. The van der Waals surface area contributed by atoms with Crippen molar-refractivity contribution in [3.8, 4) is 11.3 Å². The zero-order valence-corrected chi connectivity index (χ0v) is 15.8. The smallest absolute Gasteiger partial charge is 0.410 e. The Morgan fingerprint density at radius 1 is 1.15 bits per heavy atom. The SMILES string of the molecule is CC(C)(C)OC(=O)N1CCC[C@H]1c1cccc(-c2ccc(C(=O)O)cc2)n1. The highest BCUT2D eigenvalue weighted by Gasteiger charge is 2.34. The minimum Gasteiger partial charge on any atom is -0.478 e. The summed E-state index contributed by atoms with van der Waals surface area (Å²) in [5.74, 6) is -0.956. The molecule has 1 amide bonds. The fourth-order valence-corrected chi connectivity index (χ4v) is 3.19. The number of carbonyl (C=O) groups is 2. The number of carboxylic acids is 1. The maximum Gasteiger partial charge on any atom is 0.410 e. The summed E-state index contributed by atoms with van der Waals surface area (Å²) in [6.45, 7) is 6.22. The van der Waals surface area contributed by atoms with Gasteiger partial charge >= 0.3 is 12.1 Å². The number of aromatic carboxylic acids is 1. The second kappa shape index (κ2) is 7.39. The molecular formula is C21H24N2O4. The van der Waals surface area contributed by atoms with Crippen LogP contribution < -0.4 is 0 Å². The van der Waals surface area contributed by atoms with Crippen molar-refractivity contribution in [2.24, 2.45) is 0 Å². The molecule has 0 aliphatic carbocycles. The third kappa shape index (κ3) is 4.45. The number of likely N-dealkylation sites (tertiary alicyclic amines) is 1. The second-order valence-corrected chi connectivity index (χ2v) is 7.66. The molecule has 142 valence electrons. The van der Waals surface area contributed by atoms with Gasteiger partial charge in [-0.1, -0.05) is 18.2 Å². The highest BCUT2D eigenvalue weighted by Crippen LogP contribution is 2.33. The molecule has 1 aliphatic rings. The Balaban J connectivity index is 1.84. The topological polar surface area (TPSA) is 79.7 Å². The molecule has 2 aromatic rings. The number of benzene rings is 1. The number of ether oxygens (including phenoxy) is 1. The number of carbonyl (C=O) groups excluding carboxylic acids is 1. The van der Waals surface area contributed by atoms with Crippen LogP contribution in [0.25, 0.3) is 11.3 Å². The number of hydrogen-bond donors (Lipinski definition) is 1. The average molecular weight is 368 g/mol. The number of aromatic nitrogens is 1. The molecule has 1 N–H and O–H groups in total. The first kappa shape index (κ1) is 18.9. The van der Waals surface area contributed by atoms with Gasteiger partial charge in [0.2, 0.25) is 0 Å². The van der Waals surface area contributed by atoms with Gasteiger partial charge in [-0.25, -0.2) is 9.59 Å². The first-order valence-corrected chi connectivity index (χ1v) is 9.05. The van der Waals surface area contributed by atoms with Crippen molar-refractivity contribution in [2.75, 3.05) is 6.54 Å². The average Bonchev–Trinajstić information content (AvgIpc) is 3.10. The Bertz CT molecular complexity index is 840. The quantitative estimate of drug-likeness (QED) is 0.862. The van der Waals surface area contributed by atoms with Crippen molar-refractivity contribution < 1.29 is 19.4 Å². The van der Waals surface area contributed by atoms with Gasteiger partial charge in [-0.2, -0.15) is 0 Å². The van der Waals surface area contributed by atoms with Crippen LogP contribution in [0.2, 0.25) is 0 Å². The Morgan fingerprint density at radius 3 is 2.48 bits per heavy atom. The molecule has 3 rings (SSSR count). The predicted octanol–water partition coefficient (Wildman–Crippen LogP) is 4.52. The molecule has 6 nitrogen and oxygen atoms in total. The van der Waals surface area contributed by atoms with Crippen LogP contribution in [0.3, 0.4) is 0 Å². The summed E-state index contributed by atoms with van der Waals surface area (Å²) in [4.78, 5) is 30.0. The molecule has 0 saturated carbocycles. The van der Waals surface area contributed by atoms with E-state index in [1.807, 2.05) is 39.0 Å². The van der Waals surface area contributed by atoms with E-state index in [-0.39, 0.29) is 17.7 Å². The molecule has 1 aliphatic heterocycles. The lowest BCUT2D eigenvalue weighted by atomic mass is 10.1. The van der Waals surface area contributed by atoms with Gasteiger partial charge in [0.25, 0.3) is 0 Å². The fourth-order valence-electron chi connectivity index (χ4n) is 3.19. The second-order valence-electron chi connectivity index (χ2n) is 7.66. The van der Waals surface area contributed by atoms with Crippen LogP contribution in [-0.2, 0) is 4.74 Å². The van der Waals surface area contributed by atoms with E-state index in [1.54, 1.807) is 29.2 Å². The van der Waals surface area contributed by atoms with Gasteiger partial charge in [0, 0.05) is 12.1 Å². The van der Waals surface area contributed by atoms with Crippen molar-refractivity contribution >= 4 is 12.1 Å². The van der Waals surface area contributed by atoms with Crippen molar-refractivity contribution in [3.05, 3.63) is 53.7 Å². The van der Waals surface area contributed by atoms with Gasteiger partial charge in [-0.3, -0.25) is 9.88 Å². The minimum atomic E-state index is -0.956. The highest BCUT2D eigenvalue weighted by molar-refractivity contribution is 5.88. The summed E-state index contributed by atoms with van der Waals surface area (Å²) in [5, 5.41) is 9.03. The van der Waals surface area contributed by atoms with Crippen molar-refractivity contribution in [3.63, 3.8) is 0 Å². The van der Waals surface area contributed by atoms with E-state index in [1.165, 1.54) is 0 Å². The summed E-state index contributed by atoms with van der Waals surface area (Å²) >= 11 is 0. The number of pyridine rings is 1. The van der Waals surface area contributed by atoms with Crippen LogP contribution in [0.15, 0.2) is 42.5 Å². The Labute approximate surface area is 158 Å². The first-order valence-electron chi connectivity index (χ1n) is 9.05. The van der Waals surface area contributed by atoms with Crippen LogP contribution in [0.4, 0.5) is 4.79 Å². The largest absolute Gasteiger partial charge is 0.478 e. The van der Waals surface area contributed by atoms with E-state index in [0.29, 0.717) is 6.54 Å². The Morgan fingerprint density at radius 2 is 1.85 bits per heavy atom. The van der Waals surface area contributed by atoms with Crippen molar-refractivity contribution in [2.45, 2.75) is 45.3 Å². The van der Waals surface area contributed by atoms with Crippen molar-refractivity contribution in [1.29, 1.82) is 0 Å². The molecule has 1 aromatic heterocycles. The summed E-state index contributed by atoms with van der Waals surface area (Å²) in [6, 6.07) is 12.2. The Kier molecular flexibility index (Phi) is 5.17. The maximum atomic E-state index is 12.5. The maximum absolute atomic E-state index is 12.5. The predicted molar refractivity (Wildman–Crippen MR) is 102 cm³/mol. The molecule has 0 spiro atoms. The molecule has 0 bridgehead atoms. The standard InChI is InChI=1S/C21H24N2O4/c1-21(2,3)27-20(26)23-13-5-8-18(23)17-7-4-6-16(22-17)14-9-11-15(12-10-14)19(24)25/h4,6-7,9-12,18H,5,8,13H2,1-3H3,(H,24,25)/t18-/m0/s1. The van der Waals surface area contributed by atoms with Gasteiger partial charge < -0.3 is 9.84 Å². The third-order valence-electron chi connectivity index (χ3n) is 4.42. The first-order chi connectivity index (χ1) is 12.7. The lowest BCUT2D eigenvalue weighted by Crippen LogP contribution is -2.36. The van der Waals surface area contributed by atoms with Gasteiger partial charge in [0.05, 0.1) is 23.0 Å². The molecule has 1 saturated heterocycles. The van der Waals surface area contributed by atoms with Crippen LogP contribution in [0.1, 0.15) is 55.7 Å². The lowest BCUT2D eigenvalue weighted by Gasteiger charge is -2.28. The number of rotatable bonds is 3. The number of hydrogen-bond acceptors (Lipinski definition) is 4. The Hall–Kier alpha value is -2.89. The monoisotopic (exact) mass is 368 g/mol. The molecule has 0 unspecified atom stereocenters. The van der Waals surface area contributed by atoms with Crippen LogP contribution >= 0.6 is 0 Å². The lowest BCUT2D eigenvalue weighted by molar-refractivity contribution is 0.0221. The molecule has 0 radical (unpaired) electrons. The molecule has 1 atom stereocenters. The normalized spacial score (nSPS) is 17.0. The summed E-state index contributed by atoms with van der Waals surface area (Å²) < 4.78 is 5.53. The zero-order valence-electron chi connectivity index (χ0n) is 15.8. The van der Waals surface area contributed by atoms with E-state index in [9.17, 15) is 9.59 Å². The molecule has 27 heavy (non-hydrogen) atoms. The van der Waals surface area contributed by atoms with Gasteiger partial charge in [-0.15, -0.1) is 0 Å². The molecular weight excluding hydrogens is 344 g/mol. The van der Waals surface area contributed by atoms with E-state index in [2.05, 4.69) is 0 Å². The zero-order chi connectivity index (χ0) is 19.6. The molecule has 1 aromatic carbocycles. The van der Waals surface area contributed by atoms with Crippen LogP contribution in [0.5, 0.6) is 0 Å². The highest BCUT2D eigenvalue weighted by atomic mass is 16.6. The van der Waals surface area contributed by atoms with Gasteiger partial charge in [-0.05, 0) is 57.9 Å². The minimum absolute atomic E-state index is 0.113. The fraction of sp³-hybridized carbons (Fsp3) is 0.381. The van der Waals surface area contributed by atoms with E-state index < -0.39 is 11.6 Å². The van der Waals surface area contributed by atoms with Gasteiger partial charge in [0.1, 0.15) is 5.60 Å². The van der Waals surface area contributed by atoms with Gasteiger partial charge in [0.15, 0.2) is 0 Å². The van der Waals surface area contributed by atoms with E-state index in [4.69, 9.17) is 14.8 Å². The molecule has 6 heteroatoms. The summed E-state index contributed by atoms with van der Waals surface area (Å²) in [7, 11) is 0. The van der Waals surface area contributed by atoms with Crippen LogP contribution in [-0.4, -0.2) is 39.2 Å². The van der Waals surface area contributed by atoms with Crippen molar-refractivity contribution in [1.82, 2.24) is 9.88 Å². The summed E-state index contributed by atoms with van der Waals surface area (Å²) in [6.07, 6.45) is 1.43. The summed E-state index contributed by atoms with van der Waals surface area (Å²) in [5.41, 5.74) is 2.11. The third-order valence-corrected chi connectivity index (χ3v) is 4.42. The molecule has 1 fully saturated rings. The number of nitrogens with zero attached hydrogens (tertiary/aromatic N) is 2. The molecule has 2 heterocycles. The number of carboxylic acid groups (broad SMARTS) is 1. The van der Waals surface area contributed by atoms with E-state index >= 15 is 0 Å². The van der Waals surface area contributed by atoms with E-state index in [0.717, 1.165) is 29.8 Å².